The Morgan fingerprint density at radius 2 is 1.54 bits per heavy atom. The summed E-state index contributed by atoms with van der Waals surface area (Å²) in [6, 6.07) is 24.0. The molecule has 0 radical (unpaired) electrons. The van der Waals surface area contributed by atoms with Gasteiger partial charge in [-0.1, -0.05) is 51.1 Å². The number of likely N-dealkylation sites (N-methyl/N-ethyl adjacent to an activating group) is 1. The van der Waals surface area contributed by atoms with Crippen molar-refractivity contribution in [1.82, 2.24) is 14.8 Å². The molecule has 0 aliphatic carbocycles. The van der Waals surface area contributed by atoms with Crippen molar-refractivity contribution >= 4 is 50.6 Å². The van der Waals surface area contributed by atoms with Gasteiger partial charge in [-0.05, 0) is 79.0 Å². The van der Waals surface area contributed by atoms with Crippen molar-refractivity contribution in [3.8, 4) is 23.0 Å². The van der Waals surface area contributed by atoms with Crippen molar-refractivity contribution in [2.45, 2.75) is 45.4 Å². The number of rotatable bonds is 15. The highest BCUT2D eigenvalue weighted by Gasteiger charge is 2.22. The van der Waals surface area contributed by atoms with Gasteiger partial charge >= 0.3 is 6.03 Å². The summed E-state index contributed by atoms with van der Waals surface area (Å²) in [7, 11) is 3.89. The number of nitrogens with one attached hydrogen (secondary N) is 3. The minimum absolute atomic E-state index is 0. The van der Waals surface area contributed by atoms with Gasteiger partial charge in [0.15, 0.2) is 11.5 Å². The lowest BCUT2D eigenvalue weighted by Gasteiger charge is -2.32. The normalized spacial score (nSPS) is 13.9. The van der Waals surface area contributed by atoms with E-state index in [0.717, 1.165) is 66.7 Å². The topological polar surface area (TPSA) is 166 Å². The maximum atomic E-state index is 13.5. The summed E-state index contributed by atoms with van der Waals surface area (Å²) >= 11 is 0. The summed E-state index contributed by atoms with van der Waals surface area (Å²) in [6.45, 7) is 11.3. The quantitative estimate of drug-likeness (QED) is 0.0899. The van der Waals surface area contributed by atoms with Gasteiger partial charge in [0.25, 0.3) is 0 Å². The zero-order chi connectivity index (χ0) is 41.4. The number of hydrogen-bond acceptors (Lipinski definition) is 9. The van der Waals surface area contributed by atoms with E-state index < -0.39 is 17.0 Å². The maximum absolute atomic E-state index is 13.5. The lowest BCUT2D eigenvalue weighted by molar-refractivity contribution is 0.0964. The molecule has 1 saturated heterocycles. The number of anilines is 3. The molecule has 0 bridgehead atoms. The predicted octanol–water partition coefficient (Wildman–Crippen LogP) is 7.67. The number of carbonyl (C=O) groups is 2. The Labute approximate surface area is 349 Å². The van der Waals surface area contributed by atoms with Gasteiger partial charge in [-0.3, -0.25) is 9.78 Å². The summed E-state index contributed by atoms with van der Waals surface area (Å²) in [5.41, 5.74) is 4.57. The van der Waals surface area contributed by atoms with E-state index in [1.807, 2.05) is 66.7 Å². The molecule has 2 amide bonds. The Kier molecular flexibility index (Phi) is 15.1. The number of aromatic nitrogens is 1. The van der Waals surface area contributed by atoms with E-state index in [1.165, 1.54) is 13.4 Å². The molecule has 1 aromatic heterocycles. The molecule has 0 spiro atoms. The van der Waals surface area contributed by atoms with Crippen molar-refractivity contribution in [3.63, 3.8) is 0 Å². The first-order valence-corrected chi connectivity index (χ1v) is 21.0. The predicted molar refractivity (Wildman–Crippen MR) is 237 cm³/mol. The SMILES string of the molecule is COc1cc(Cc2cc(Oc3ccc(NC(=O)Nc4cc(C(C)(C)C)cc(NS(C)=O)c4OC)c4ccccc34)ccn2)ccc1C(=O)CCCN1CCN(C)CC1.O. The van der Waals surface area contributed by atoms with E-state index >= 15 is 0 Å². The van der Waals surface area contributed by atoms with Crippen LogP contribution in [0.2, 0.25) is 0 Å². The van der Waals surface area contributed by atoms with Gasteiger partial charge in [-0.15, -0.1) is 0 Å². The van der Waals surface area contributed by atoms with E-state index in [4.69, 9.17) is 14.2 Å². The van der Waals surface area contributed by atoms with Crippen molar-refractivity contribution in [3.05, 3.63) is 107 Å². The fraction of sp³-hybridized carbons (Fsp3) is 0.356. The first-order valence-electron chi connectivity index (χ1n) is 19.5. The first-order chi connectivity index (χ1) is 27.8. The third kappa shape index (κ3) is 11.6. The van der Waals surface area contributed by atoms with Crippen LogP contribution >= 0.6 is 0 Å². The highest BCUT2D eigenvalue weighted by molar-refractivity contribution is 7.85. The molecule has 4 aromatic carbocycles. The van der Waals surface area contributed by atoms with Crippen LogP contribution in [0.1, 0.15) is 60.8 Å². The summed E-state index contributed by atoms with van der Waals surface area (Å²) in [4.78, 5) is 36.1. The molecule has 1 aliphatic heterocycles. The second kappa shape index (κ2) is 19.9. The van der Waals surface area contributed by atoms with E-state index in [1.54, 1.807) is 25.4 Å². The lowest BCUT2D eigenvalue weighted by atomic mass is 9.86. The number of amides is 2. The monoisotopic (exact) mass is 824 g/mol. The van der Waals surface area contributed by atoms with Crippen molar-refractivity contribution < 1.29 is 33.5 Å². The van der Waals surface area contributed by atoms with Gasteiger partial charge in [-0.2, -0.15) is 0 Å². The minimum atomic E-state index is -1.36. The van der Waals surface area contributed by atoms with Gasteiger partial charge in [0.2, 0.25) is 0 Å². The minimum Gasteiger partial charge on any atom is -0.496 e. The van der Waals surface area contributed by atoms with Crippen LogP contribution in [0, 0.1) is 0 Å². The van der Waals surface area contributed by atoms with Crippen molar-refractivity contribution in [1.29, 1.82) is 0 Å². The van der Waals surface area contributed by atoms with Crippen LogP contribution in [0.3, 0.4) is 0 Å². The molecule has 59 heavy (non-hydrogen) atoms. The van der Waals surface area contributed by atoms with Crippen LogP contribution in [0.5, 0.6) is 23.0 Å². The Morgan fingerprint density at radius 3 is 2.24 bits per heavy atom. The largest absolute Gasteiger partial charge is 0.496 e. The second-order valence-corrected chi connectivity index (χ2v) is 16.7. The van der Waals surface area contributed by atoms with E-state index in [9.17, 15) is 13.8 Å². The van der Waals surface area contributed by atoms with Crippen molar-refractivity contribution in [2.75, 3.05) is 75.6 Å². The molecule has 0 saturated carbocycles. The van der Waals surface area contributed by atoms with Crippen LogP contribution in [0.25, 0.3) is 10.8 Å². The fourth-order valence-electron chi connectivity index (χ4n) is 7.05. The fourth-order valence-corrected chi connectivity index (χ4v) is 7.51. The molecule has 1 aliphatic rings. The Bertz CT molecular complexity index is 2290. The third-order valence-corrected chi connectivity index (χ3v) is 10.7. The number of hydrogen-bond donors (Lipinski definition) is 3. The molecular formula is C45H56N6O7S. The summed E-state index contributed by atoms with van der Waals surface area (Å²) in [5.74, 6) is 2.24. The van der Waals surface area contributed by atoms with Gasteiger partial charge in [0.05, 0.1) is 36.8 Å². The number of Topliss-reactive ketones (excluding diaryl/α,β-unsaturated/α-hetero) is 1. The number of ketones is 1. The zero-order valence-electron chi connectivity index (χ0n) is 34.9. The zero-order valence-corrected chi connectivity index (χ0v) is 35.8. The average molecular weight is 825 g/mol. The number of pyridine rings is 1. The van der Waals surface area contributed by atoms with Gasteiger partial charge in [-0.25, -0.2) is 9.00 Å². The number of nitrogens with zero attached hydrogens (tertiary/aromatic N) is 3. The Balaban J connectivity index is 0.00000661. The molecular weight excluding hydrogens is 769 g/mol. The molecule has 2 heterocycles. The number of benzene rings is 4. The third-order valence-electron chi connectivity index (χ3n) is 10.2. The standard InChI is InChI=1S/C45H54N6O6S.H2O/c1-45(2,3)31-27-38(43(56-6)39(28-31)49-58(7)54)48-44(53)47-37-16-17-41(35-12-9-8-11-34(35)37)57-33-18-19-46-32(29-33)25-30-14-15-36(42(26-30)55-5)40(52)13-10-20-51-23-21-50(4)22-24-51;/h8-9,11-12,14-19,26-29,49H,10,13,20-25H2,1-7H3,(H2,47,48,53);1H2. The Hall–Kier alpha value is -5.54. The van der Waals surface area contributed by atoms with Crippen LogP contribution in [-0.2, 0) is 22.8 Å². The highest BCUT2D eigenvalue weighted by atomic mass is 32.2. The van der Waals surface area contributed by atoms with Crippen LogP contribution in [0.4, 0.5) is 21.9 Å². The molecule has 6 rings (SSSR count). The van der Waals surface area contributed by atoms with Crippen molar-refractivity contribution in [2.24, 2.45) is 0 Å². The first kappa shape index (κ1) is 44.6. The Morgan fingerprint density at radius 1 is 0.831 bits per heavy atom. The summed E-state index contributed by atoms with van der Waals surface area (Å²) in [6.07, 6.45) is 5.06. The number of methoxy groups -OCH3 is 2. The highest BCUT2D eigenvalue weighted by Crippen LogP contribution is 2.40. The second-order valence-electron chi connectivity index (χ2n) is 15.6. The molecule has 13 nitrogen and oxygen atoms in total. The van der Waals surface area contributed by atoms with Gasteiger partial charge in [0.1, 0.15) is 28.2 Å². The number of piperazine rings is 1. The number of urea groups is 1. The van der Waals surface area contributed by atoms with E-state index in [0.29, 0.717) is 58.5 Å². The lowest BCUT2D eigenvalue weighted by Crippen LogP contribution is -2.44. The van der Waals surface area contributed by atoms with E-state index in [-0.39, 0.29) is 16.7 Å². The molecule has 314 valence electrons. The van der Waals surface area contributed by atoms with Crippen LogP contribution in [-0.4, -0.2) is 96.5 Å². The summed E-state index contributed by atoms with van der Waals surface area (Å²) in [5, 5.41) is 7.51. The molecule has 1 unspecified atom stereocenters. The molecule has 5 aromatic rings. The molecule has 5 N–H and O–H groups in total. The van der Waals surface area contributed by atoms with Gasteiger partial charge < -0.3 is 44.8 Å². The maximum Gasteiger partial charge on any atom is 0.323 e. The average Bonchev–Trinajstić information content (AvgIpc) is 3.19. The number of carbonyl (C=O) groups excluding carboxylic acids is 2. The number of ether oxygens (including phenoxy) is 3. The number of fused-ring (bicyclic) bond motifs is 1. The van der Waals surface area contributed by atoms with Crippen LogP contribution in [0.15, 0.2) is 85.1 Å². The van der Waals surface area contributed by atoms with E-state index in [2.05, 4.69) is 58.0 Å². The van der Waals surface area contributed by atoms with Gasteiger partial charge in [0, 0.05) is 74.0 Å². The van der Waals surface area contributed by atoms with Crippen LogP contribution < -0.4 is 29.6 Å². The molecule has 1 atom stereocenters. The smallest absolute Gasteiger partial charge is 0.323 e. The summed E-state index contributed by atoms with van der Waals surface area (Å²) < 4.78 is 32.8. The molecule has 1 fully saturated rings. The molecule has 14 heteroatoms.